The minimum atomic E-state index is 0.173. The summed E-state index contributed by atoms with van der Waals surface area (Å²) in [5.74, 6) is 0.770. The maximum Gasteiger partial charge on any atom is 0.317 e. The van der Waals surface area contributed by atoms with Gasteiger partial charge in [0.05, 0.1) is 0 Å². The van der Waals surface area contributed by atoms with Gasteiger partial charge in [0.15, 0.2) is 0 Å². The summed E-state index contributed by atoms with van der Waals surface area (Å²) in [7, 11) is 0. The number of urea groups is 1. The Labute approximate surface area is 105 Å². The highest BCUT2D eigenvalue weighted by atomic mass is 16.2. The summed E-state index contributed by atoms with van der Waals surface area (Å²) >= 11 is 0. The summed E-state index contributed by atoms with van der Waals surface area (Å²) in [4.78, 5) is 14.1. The molecule has 0 aromatic rings. The third kappa shape index (κ3) is 3.62. The highest BCUT2D eigenvalue weighted by molar-refractivity contribution is 5.74. The van der Waals surface area contributed by atoms with Gasteiger partial charge < -0.3 is 10.2 Å². The van der Waals surface area contributed by atoms with Crippen LogP contribution in [0.15, 0.2) is 0 Å². The van der Waals surface area contributed by atoms with Crippen molar-refractivity contribution in [3.05, 3.63) is 0 Å². The first kappa shape index (κ1) is 12.7. The lowest BCUT2D eigenvalue weighted by atomic mass is 9.85. The molecule has 3 nitrogen and oxygen atoms in total. The largest absolute Gasteiger partial charge is 0.335 e. The summed E-state index contributed by atoms with van der Waals surface area (Å²) < 4.78 is 0. The molecule has 2 fully saturated rings. The predicted molar refractivity (Wildman–Crippen MR) is 70.0 cm³/mol. The maximum absolute atomic E-state index is 12.1. The summed E-state index contributed by atoms with van der Waals surface area (Å²) in [6, 6.07) is 0.609. The molecule has 2 aliphatic carbocycles. The summed E-state index contributed by atoms with van der Waals surface area (Å²) in [6.45, 7) is 3.89. The van der Waals surface area contributed by atoms with Crippen molar-refractivity contribution in [2.75, 3.05) is 13.1 Å². The SMILES string of the molecule is CCN(CC1CCC1)C(=O)NC1CCCCC1. The van der Waals surface area contributed by atoms with Crippen molar-refractivity contribution in [2.45, 2.75) is 64.3 Å². The van der Waals surface area contributed by atoms with Crippen molar-refractivity contribution < 1.29 is 4.79 Å². The van der Waals surface area contributed by atoms with E-state index >= 15 is 0 Å². The van der Waals surface area contributed by atoms with E-state index < -0.39 is 0 Å². The Morgan fingerprint density at radius 3 is 2.35 bits per heavy atom. The maximum atomic E-state index is 12.1. The molecule has 0 saturated heterocycles. The molecular weight excluding hydrogens is 212 g/mol. The number of carbonyl (C=O) groups excluding carboxylic acids is 1. The molecule has 0 unspecified atom stereocenters. The van der Waals surface area contributed by atoms with Gasteiger partial charge >= 0.3 is 6.03 Å². The Hall–Kier alpha value is -0.730. The molecule has 98 valence electrons. The van der Waals surface area contributed by atoms with Gasteiger partial charge in [0.1, 0.15) is 0 Å². The third-order valence-electron chi connectivity index (χ3n) is 4.31. The fourth-order valence-corrected chi connectivity index (χ4v) is 2.86. The van der Waals surface area contributed by atoms with E-state index in [1.54, 1.807) is 0 Å². The van der Waals surface area contributed by atoms with Crippen molar-refractivity contribution in [3.8, 4) is 0 Å². The van der Waals surface area contributed by atoms with E-state index in [4.69, 9.17) is 0 Å². The zero-order valence-electron chi connectivity index (χ0n) is 11.1. The molecular formula is C14H26N2O. The highest BCUT2D eigenvalue weighted by Crippen LogP contribution is 2.27. The van der Waals surface area contributed by atoms with Crippen LogP contribution < -0.4 is 5.32 Å². The molecule has 0 aromatic heterocycles. The zero-order chi connectivity index (χ0) is 12.1. The molecule has 0 heterocycles. The van der Waals surface area contributed by atoms with E-state index in [0.29, 0.717) is 6.04 Å². The molecule has 3 heteroatoms. The van der Waals surface area contributed by atoms with Crippen molar-refractivity contribution >= 4 is 6.03 Å². The molecule has 0 atom stereocenters. The molecule has 0 aromatic carbocycles. The Balaban J connectivity index is 1.74. The van der Waals surface area contributed by atoms with Crippen LogP contribution in [0, 0.1) is 5.92 Å². The second kappa shape index (κ2) is 6.27. The van der Waals surface area contributed by atoms with Gasteiger partial charge in [-0.2, -0.15) is 0 Å². The van der Waals surface area contributed by atoms with Gasteiger partial charge in [-0.3, -0.25) is 0 Å². The molecule has 0 spiro atoms. The van der Waals surface area contributed by atoms with Gasteiger partial charge in [-0.05, 0) is 38.5 Å². The normalized spacial score (nSPS) is 21.9. The lowest BCUT2D eigenvalue weighted by Gasteiger charge is -2.33. The Kier molecular flexibility index (Phi) is 4.69. The Morgan fingerprint density at radius 1 is 1.12 bits per heavy atom. The van der Waals surface area contributed by atoms with Crippen molar-refractivity contribution in [1.29, 1.82) is 0 Å². The lowest BCUT2D eigenvalue weighted by Crippen LogP contribution is -2.47. The Morgan fingerprint density at radius 2 is 1.82 bits per heavy atom. The molecule has 2 rings (SSSR count). The molecule has 17 heavy (non-hydrogen) atoms. The van der Waals surface area contributed by atoms with Crippen molar-refractivity contribution in [2.24, 2.45) is 5.92 Å². The van der Waals surface area contributed by atoms with Gasteiger partial charge in [-0.15, -0.1) is 0 Å². The number of hydrogen-bond donors (Lipinski definition) is 1. The van der Waals surface area contributed by atoms with Crippen LogP contribution in [0.1, 0.15) is 58.3 Å². The molecule has 2 saturated carbocycles. The highest BCUT2D eigenvalue weighted by Gasteiger charge is 2.24. The first-order valence-corrected chi connectivity index (χ1v) is 7.35. The van der Waals surface area contributed by atoms with Crippen LogP contribution in [0.3, 0.4) is 0 Å². The average Bonchev–Trinajstić information content (AvgIpc) is 2.29. The number of nitrogens with one attached hydrogen (secondary N) is 1. The van der Waals surface area contributed by atoms with Crippen LogP contribution >= 0.6 is 0 Å². The standard InChI is InChI=1S/C14H26N2O/c1-2-16(11-12-7-6-8-12)14(17)15-13-9-4-3-5-10-13/h12-13H,2-11H2,1H3,(H,15,17). The van der Waals surface area contributed by atoms with E-state index in [1.807, 2.05) is 4.90 Å². The van der Waals surface area contributed by atoms with Gasteiger partial charge in [0.2, 0.25) is 0 Å². The topological polar surface area (TPSA) is 32.3 Å². The van der Waals surface area contributed by atoms with Gasteiger partial charge in [0.25, 0.3) is 0 Å². The van der Waals surface area contributed by atoms with E-state index in [9.17, 15) is 4.79 Å². The third-order valence-corrected chi connectivity index (χ3v) is 4.31. The number of amides is 2. The minimum Gasteiger partial charge on any atom is -0.335 e. The second-order valence-corrected chi connectivity index (χ2v) is 5.62. The molecule has 2 amide bonds. The fourth-order valence-electron chi connectivity index (χ4n) is 2.86. The smallest absolute Gasteiger partial charge is 0.317 e. The number of nitrogens with zero attached hydrogens (tertiary/aromatic N) is 1. The van der Waals surface area contributed by atoms with E-state index in [2.05, 4.69) is 12.2 Å². The minimum absolute atomic E-state index is 0.173. The van der Waals surface area contributed by atoms with Crippen molar-refractivity contribution in [1.82, 2.24) is 10.2 Å². The number of hydrogen-bond acceptors (Lipinski definition) is 1. The molecule has 0 radical (unpaired) electrons. The van der Waals surface area contributed by atoms with Crippen LogP contribution in [-0.2, 0) is 0 Å². The van der Waals surface area contributed by atoms with E-state index in [0.717, 1.165) is 19.0 Å². The van der Waals surface area contributed by atoms with Crippen LogP contribution in [0.25, 0.3) is 0 Å². The van der Waals surface area contributed by atoms with Crippen LogP contribution in [0.4, 0.5) is 4.79 Å². The lowest BCUT2D eigenvalue weighted by molar-refractivity contribution is 0.165. The van der Waals surface area contributed by atoms with Gasteiger partial charge in [-0.1, -0.05) is 25.7 Å². The van der Waals surface area contributed by atoms with Gasteiger partial charge in [0, 0.05) is 19.1 Å². The van der Waals surface area contributed by atoms with E-state index in [-0.39, 0.29) is 6.03 Å². The number of carbonyl (C=O) groups is 1. The predicted octanol–water partition coefficient (Wildman–Crippen LogP) is 3.15. The van der Waals surface area contributed by atoms with Gasteiger partial charge in [-0.25, -0.2) is 4.79 Å². The quantitative estimate of drug-likeness (QED) is 0.801. The monoisotopic (exact) mass is 238 g/mol. The zero-order valence-corrected chi connectivity index (χ0v) is 11.1. The van der Waals surface area contributed by atoms with Crippen LogP contribution in [-0.4, -0.2) is 30.1 Å². The van der Waals surface area contributed by atoms with E-state index in [1.165, 1.54) is 51.4 Å². The fraction of sp³-hybridized carbons (Fsp3) is 0.929. The molecule has 2 aliphatic rings. The Bertz CT molecular complexity index is 245. The molecule has 0 aliphatic heterocycles. The molecule has 0 bridgehead atoms. The second-order valence-electron chi connectivity index (χ2n) is 5.62. The summed E-state index contributed by atoms with van der Waals surface area (Å²) in [6.07, 6.45) is 10.2. The van der Waals surface area contributed by atoms with Crippen LogP contribution in [0.5, 0.6) is 0 Å². The summed E-state index contributed by atoms with van der Waals surface area (Å²) in [5, 5.41) is 3.21. The average molecular weight is 238 g/mol. The van der Waals surface area contributed by atoms with Crippen LogP contribution in [0.2, 0.25) is 0 Å². The number of rotatable bonds is 4. The first-order valence-electron chi connectivity index (χ1n) is 7.35. The molecule has 1 N–H and O–H groups in total. The summed E-state index contributed by atoms with van der Waals surface area (Å²) in [5.41, 5.74) is 0. The van der Waals surface area contributed by atoms with Crippen molar-refractivity contribution in [3.63, 3.8) is 0 Å². The first-order chi connectivity index (χ1) is 8.29.